The summed E-state index contributed by atoms with van der Waals surface area (Å²) in [7, 11) is 0. The molecule has 3 heteroatoms. The maximum atomic E-state index is 8.95. The number of nitriles is 1. The molecule has 0 aromatic carbocycles. The lowest BCUT2D eigenvalue weighted by Crippen LogP contribution is -2.25. The van der Waals surface area contributed by atoms with Crippen LogP contribution in [0.4, 0.5) is 0 Å². The van der Waals surface area contributed by atoms with Gasteiger partial charge in [0.1, 0.15) is 11.8 Å². The fourth-order valence-corrected chi connectivity index (χ4v) is 2.71. The monoisotopic (exact) mass is 227 g/mol. The molecular weight excluding hydrogens is 210 g/mol. The SMILES string of the molecule is N#Cc1ncccc1CNCC1(C2CC2)CC1. The van der Waals surface area contributed by atoms with Gasteiger partial charge in [-0.05, 0) is 43.1 Å². The summed E-state index contributed by atoms with van der Waals surface area (Å²) < 4.78 is 0. The van der Waals surface area contributed by atoms with Crippen LogP contribution in [0.3, 0.4) is 0 Å². The molecule has 2 aliphatic rings. The van der Waals surface area contributed by atoms with Crippen LogP contribution in [0, 0.1) is 22.7 Å². The molecule has 1 aromatic heterocycles. The summed E-state index contributed by atoms with van der Waals surface area (Å²) in [5.74, 6) is 0.985. The first-order valence-electron chi connectivity index (χ1n) is 6.39. The molecule has 0 unspecified atom stereocenters. The van der Waals surface area contributed by atoms with E-state index in [9.17, 15) is 0 Å². The molecule has 2 saturated carbocycles. The van der Waals surface area contributed by atoms with Gasteiger partial charge in [-0.2, -0.15) is 5.26 Å². The molecule has 1 N–H and O–H groups in total. The van der Waals surface area contributed by atoms with E-state index in [-0.39, 0.29) is 0 Å². The van der Waals surface area contributed by atoms with E-state index in [1.807, 2.05) is 12.1 Å². The second-order valence-corrected chi connectivity index (χ2v) is 5.36. The quantitative estimate of drug-likeness (QED) is 0.839. The number of hydrogen-bond donors (Lipinski definition) is 1. The molecule has 88 valence electrons. The average Bonchev–Trinajstić information content (AvgIpc) is 3.22. The summed E-state index contributed by atoms with van der Waals surface area (Å²) in [6.07, 6.45) is 7.32. The van der Waals surface area contributed by atoms with E-state index < -0.39 is 0 Å². The number of nitrogens with zero attached hydrogens (tertiary/aromatic N) is 2. The van der Waals surface area contributed by atoms with Crippen molar-refractivity contribution in [3.63, 3.8) is 0 Å². The van der Waals surface area contributed by atoms with Gasteiger partial charge in [-0.25, -0.2) is 4.98 Å². The minimum absolute atomic E-state index is 0.552. The second kappa shape index (κ2) is 4.12. The van der Waals surface area contributed by atoms with Crippen LogP contribution in [0.15, 0.2) is 18.3 Å². The summed E-state index contributed by atoms with van der Waals surface area (Å²) in [5, 5.41) is 12.5. The average molecular weight is 227 g/mol. The summed E-state index contributed by atoms with van der Waals surface area (Å²) in [5.41, 5.74) is 2.19. The molecule has 0 radical (unpaired) electrons. The van der Waals surface area contributed by atoms with Crippen molar-refractivity contribution in [3.8, 4) is 6.07 Å². The molecule has 3 rings (SSSR count). The van der Waals surface area contributed by atoms with Crippen molar-refractivity contribution in [1.29, 1.82) is 5.26 Å². The molecule has 2 fully saturated rings. The van der Waals surface area contributed by atoms with Crippen LogP contribution in [0.1, 0.15) is 36.9 Å². The molecule has 0 spiro atoms. The van der Waals surface area contributed by atoms with Crippen LogP contribution < -0.4 is 5.32 Å². The van der Waals surface area contributed by atoms with Crippen molar-refractivity contribution in [3.05, 3.63) is 29.6 Å². The third kappa shape index (κ3) is 2.18. The largest absolute Gasteiger partial charge is 0.312 e. The van der Waals surface area contributed by atoms with E-state index in [2.05, 4.69) is 16.4 Å². The smallest absolute Gasteiger partial charge is 0.144 e. The van der Waals surface area contributed by atoms with Gasteiger partial charge in [-0.3, -0.25) is 0 Å². The van der Waals surface area contributed by atoms with Crippen LogP contribution >= 0.6 is 0 Å². The highest BCUT2D eigenvalue weighted by Crippen LogP contribution is 2.60. The number of rotatable bonds is 5. The molecule has 0 atom stereocenters. The van der Waals surface area contributed by atoms with E-state index in [4.69, 9.17) is 5.26 Å². The van der Waals surface area contributed by atoms with Gasteiger partial charge in [-0.1, -0.05) is 6.07 Å². The second-order valence-electron chi connectivity index (χ2n) is 5.36. The van der Waals surface area contributed by atoms with Gasteiger partial charge in [0.15, 0.2) is 0 Å². The lowest BCUT2D eigenvalue weighted by molar-refractivity contribution is 0.403. The lowest BCUT2D eigenvalue weighted by atomic mass is 10.0. The van der Waals surface area contributed by atoms with Crippen molar-refractivity contribution in [2.75, 3.05) is 6.54 Å². The van der Waals surface area contributed by atoms with Gasteiger partial charge < -0.3 is 5.32 Å². The Bertz CT molecular complexity index is 453. The van der Waals surface area contributed by atoms with Gasteiger partial charge in [0, 0.05) is 24.8 Å². The Hall–Kier alpha value is -1.40. The molecule has 1 aromatic rings. The Labute approximate surface area is 102 Å². The maximum Gasteiger partial charge on any atom is 0.144 e. The molecule has 0 aliphatic heterocycles. The number of nitrogens with one attached hydrogen (secondary N) is 1. The van der Waals surface area contributed by atoms with E-state index >= 15 is 0 Å². The molecule has 1 heterocycles. The molecule has 3 nitrogen and oxygen atoms in total. The lowest BCUT2D eigenvalue weighted by Gasteiger charge is -2.15. The summed E-state index contributed by atoms with van der Waals surface area (Å²) in [6, 6.07) is 6.02. The van der Waals surface area contributed by atoms with E-state index in [1.165, 1.54) is 25.7 Å². The van der Waals surface area contributed by atoms with Crippen molar-refractivity contribution in [1.82, 2.24) is 10.3 Å². The zero-order valence-electron chi connectivity index (χ0n) is 9.95. The fourth-order valence-electron chi connectivity index (χ4n) is 2.71. The standard InChI is InChI=1S/C14H17N3/c15-8-13-11(2-1-7-17-13)9-16-10-14(5-6-14)12-3-4-12/h1-2,7,12,16H,3-6,9-10H2. The van der Waals surface area contributed by atoms with Crippen molar-refractivity contribution >= 4 is 0 Å². The zero-order chi connectivity index (χ0) is 11.7. The first-order valence-corrected chi connectivity index (χ1v) is 6.39. The van der Waals surface area contributed by atoms with Crippen LogP contribution in [-0.2, 0) is 6.54 Å². The van der Waals surface area contributed by atoms with Gasteiger partial charge in [-0.15, -0.1) is 0 Å². The molecule has 17 heavy (non-hydrogen) atoms. The van der Waals surface area contributed by atoms with E-state index in [0.717, 1.165) is 24.6 Å². The normalized spacial score (nSPS) is 20.9. The minimum atomic E-state index is 0.552. The van der Waals surface area contributed by atoms with Crippen LogP contribution in [0.25, 0.3) is 0 Å². The molecule has 0 saturated heterocycles. The topological polar surface area (TPSA) is 48.7 Å². The third-order valence-corrected chi connectivity index (χ3v) is 4.13. The molecular formula is C14H17N3. The predicted octanol–water partition coefficient (Wildman–Crippen LogP) is 2.23. The maximum absolute atomic E-state index is 8.95. The van der Waals surface area contributed by atoms with Gasteiger partial charge in [0.05, 0.1) is 0 Å². The minimum Gasteiger partial charge on any atom is -0.312 e. The highest BCUT2D eigenvalue weighted by Gasteiger charge is 2.53. The van der Waals surface area contributed by atoms with Gasteiger partial charge >= 0.3 is 0 Å². The molecule has 2 aliphatic carbocycles. The first kappa shape index (κ1) is 10.7. The zero-order valence-corrected chi connectivity index (χ0v) is 9.95. The van der Waals surface area contributed by atoms with E-state index in [0.29, 0.717) is 11.1 Å². The summed E-state index contributed by atoms with van der Waals surface area (Å²) in [4.78, 5) is 4.07. The number of pyridine rings is 1. The Kier molecular flexibility index (Phi) is 2.60. The highest BCUT2D eigenvalue weighted by atomic mass is 14.9. The number of aromatic nitrogens is 1. The first-order chi connectivity index (χ1) is 8.34. The van der Waals surface area contributed by atoms with Crippen molar-refractivity contribution in [2.45, 2.75) is 32.2 Å². The third-order valence-electron chi connectivity index (χ3n) is 4.13. The Morgan fingerprint density at radius 1 is 1.47 bits per heavy atom. The number of hydrogen-bond acceptors (Lipinski definition) is 3. The van der Waals surface area contributed by atoms with Crippen molar-refractivity contribution in [2.24, 2.45) is 11.3 Å². The fraction of sp³-hybridized carbons (Fsp3) is 0.571. The Morgan fingerprint density at radius 3 is 2.94 bits per heavy atom. The van der Waals surface area contributed by atoms with Crippen LogP contribution in [-0.4, -0.2) is 11.5 Å². The van der Waals surface area contributed by atoms with Gasteiger partial charge in [0.25, 0.3) is 0 Å². The summed E-state index contributed by atoms with van der Waals surface area (Å²) >= 11 is 0. The highest BCUT2D eigenvalue weighted by molar-refractivity contribution is 5.30. The Morgan fingerprint density at radius 2 is 2.29 bits per heavy atom. The summed E-state index contributed by atoms with van der Waals surface area (Å²) in [6.45, 7) is 1.88. The van der Waals surface area contributed by atoms with Crippen LogP contribution in [0.2, 0.25) is 0 Å². The Balaban J connectivity index is 1.56. The molecule has 0 bridgehead atoms. The molecule has 0 amide bonds. The van der Waals surface area contributed by atoms with E-state index in [1.54, 1.807) is 6.20 Å². The predicted molar refractivity (Wildman–Crippen MR) is 65.0 cm³/mol. The van der Waals surface area contributed by atoms with Gasteiger partial charge in [0.2, 0.25) is 0 Å². The van der Waals surface area contributed by atoms with Crippen LogP contribution in [0.5, 0.6) is 0 Å². The van der Waals surface area contributed by atoms with Crippen molar-refractivity contribution < 1.29 is 0 Å².